The van der Waals surface area contributed by atoms with Gasteiger partial charge in [-0.3, -0.25) is 28.7 Å². The second kappa shape index (κ2) is 6.91. The molecule has 0 atom stereocenters. The molecule has 1 aliphatic heterocycles. The Morgan fingerprint density at radius 1 is 0.893 bits per heavy atom. The minimum Gasteiger partial charge on any atom is -0.354 e. The maximum Gasteiger partial charge on any atom is 0.332 e. The molecule has 0 N–H and O–H groups in total. The molecule has 4 rings (SSSR count). The van der Waals surface area contributed by atoms with E-state index in [9.17, 15) is 14.4 Å². The van der Waals surface area contributed by atoms with Crippen LogP contribution in [0, 0.1) is 0 Å². The lowest BCUT2D eigenvalue weighted by Crippen LogP contribution is -2.51. The van der Waals surface area contributed by atoms with Gasteiger partial charge in [-0.1, -0.05) is 0 Å². The smallest absolute Gasteiger partial charge is 0.332 e. The molecule has 0 saturated carbocycles. The predicted molar refractivity (Wildman–Crippen MR) is 105 cm³/mol. The first-order valence-electron chi connectivity index (χ1n) is 8.98. The SMILES string of the molecule is Cn1c(N2CCN(C(=O)c3ccc4nccnc4c3)CC2)cc(=O)n(C)c1=O. The largest absolute Gasteiger partial charge is 0.354 e. The van der Waals surface area contributed by atoms with Crippen molar-refractivity contribution in [3.8, 4) is 0 Å². The highest BCUT2D eigenvalue weighted by Crippen LogP contribution is 2.16. The van der Waals surface area contributed by atoms with Crippen LogP contribution in [0.3, 0.4) is 0 Å². The van der Waals surface area contributed by atoms with Crippen molar-refractivity contribution in [2.45, 2.75) is 0 Å². The van der Waals surface area contributed by atoms with Crippen molar-refractivity contribution < 1.29 is 4.79 Å². The Labute approximate surface area is 160 Å². The molecule has 2 aromatic heterocycles. The minimum atomic E-state index is -0.363. The van der Waals surface area contributed by atoms with Crippen molar-refractivity contribution in [3.63, 3.8) is 0 Å². The molecular formula is C19H20N6O3. The van der Waals surface area contributed by atoms with Crippen LogP contribution in [0.2, 0.25) is 0 Å². The third-order valence-corrected chi connectivity index (χ3v) is 5.11. The van der Waals surface area contributed by atoms with E-state index in [1.165, 1.54) is 17.7 Å². The van der Waals surface area contributed by atoms with Gasteiger partial charge >= 0.3 is 5.69 Å². The van der Waals surface area contributed by atoms with Crippen LogP contribution in [-0.4, -0.2) is 56.1 Å². The zero-order valence-corrected chi connectivity index (χ0v) is 15.7. The number of carbonyl (C=O) groups is 1. The van der Waals surface area contributed by atoms with E-state index in [1.807, 2.05) is 4.90 Å². The van der Waals surface area contributed by atoms with Gasteiger partial charge < -0.3 is 9.80 Å². The van der Waals surface area contributed by atoms with Crippen molar-refractivity contribution in [1.82, 2.24) is 24.0 Å². The molecule has 1 fully saturated rings. The summed E-state index contributed by atoms with van der Waals surface area (Å²) in [5, 5.41) is 0. The van der Waals surface area contributed by atoms with E-state index in [1.54, 1.807) is 42.5 Å². The number of aromatic nitrogens is 4. The topological polar surface area (TPSA) is 93.3 Å². The zero-order chi connectivity index (χ0) is 19.8. The first-order chi connectivity index (χ1) is 13.5. The molecule has 0 unspecified atom stereocenters. The summed E-state index contributed by atoms with van der Waals surface area (Å²) < 4.78 is 2.53. The second-order valence-electron chi connectivity index (χ2n) is 6.78. The van der Waals surface area contributed by atoms with Crippen LogP contribution in [0.4, 0.5) is 5.82 Å². The number of rotatable bonds is 2. The number of benzene rings is 1. The lowest BCUT2D eigenvalue weighted by Gasteiger charge is -2.36. The predicted octanol–water partition coefficient (Wildman–Crippen LogP) is -0.0104. The summed E-state index contributed by atoms with van der Waals surface area (Å²) in [6.45, 7) is 2.08. The molecule has 1 amide bonds. The Morgan fingerprint density at radius 2 is 1.57 bits per heavy atom. The lowest BCUT2D eigenvalue weighted by molar-refractivity contribution is 0.0746. The van der Waals surface area contributed by atoms with Gasteiger partial charge in [0.05, 0.1) is 11.0 Å². The number of piperazine rings is 1. The van der Waals surface area contributed by atoms with Crippen LogP contribution >= 0.6 is 0 Å². The van der Waals surface area contributed by atoms with Gasteiger partial charge in [-0.15, -0.1) is 0 Å². The highest BCUT2D eigenvalue weighted by molar-refractivity contribution is 5.97. The van der Waals surface area contributed by atoms with Gasteiger partial charge in [0.1, 0.15) is 5.82 Å². The fourth-order valence-electron chi connectivity index (χ4n) is 3.44. The van der Waals surface area contributed by atoms with Crippen molar-refractivity contribution >= 4 is 22.8 Å². The molecule has 0 radical (unpaired) electrons. The Morgan fingerprint density at radius 3 is 2.29 bits per heavy atom. The summed E-state index contributed by atoms with van der Waals surface area (Å²) >= 11 is 0. The molecule has 0 bridgehead atoms. The van der Waals surface area contributed by atoms with E-state index in [-0.39, 0.29) is 17.2 Å². The van der Waals surface area contributed by atoms with Crippen LogP contribution in [-0.2, 0) is 14.1 Å². The third kappa shape index (κ3) is 3.04. The number of amides is 1. The summed E-state index contributed by atoms with van der Waals surface area (Å²) in [4.78, 5) is 49.2. The molecule has 9 heteroatoms. The number of fused-ring (bicyclic) bond motifs is 1. The fourth-order valence-corrected chi connectivity index (χ4v) is 3.44. The molecule has 1 aromatic carbocycles. The summed E-state index contributed by atoms with van der Waals surface area (Å²) in [5.41, 5.74) is 1.30. The van der Waals surface area contributed by atoms with Crippen molar-refractivity contribution in [2.24, 2.45) is 14.1 Å². The van der Waals surface area contributed by atoms with Crippen LogP contribution in [0.25, 0.3) is 11.0 Å². The van der Waals surface area contributed by atoms with E-state index in [2.05, 4.69) is 9.97 Å². The first kappa shape index (κ1) is 17.9. The molecule has 3 heterocycles. The van der Waals surface area contributed by atoms with Gasteiger partial charge in [0.25, 0.3) is 11.5 Å². The first-order valence-corrected chi connectivity index (χ1v) is 8.98. The number of carbonyl (C=O) groups excluding carboxylic acids is 1. The fraction of sp³-hybridized carbons (Fsp3) is 0.316. The molecule has 0 aliphatic carbocycles. The summed E-state index contributed by atoms with van der Waals surface area (Å²) in [6, 6.07) is 6.76. The molecule has 28 heavy (non-hydrogen) atoms. The highest BCUT2D eigenvalue weighted by atomic mass is 16.2. The van der Waals surface area contributed by atoms with E-state index < -0.39 is 0 Å². The standard InChI is InChI=1S/C19H20N6O3/c1-22-16(12-17(26)23(2)19(22)28)24-7-9-25(10-8-24)18(27)13-3-4-14-15(11-13)21-6-5-20-14/h3-6,11-12H,7-10H2,1-2H3. The van der Waals surface area contributed by atoms with Gasteiger partial charge in [-0.2, -0.15) is 0 Å². The maximum absolute atomic E-state index is 12.9. The molecule has 144 valence electrons. The molecular weight excluding hydrogens is 360 g/mol. The lowest BCUT2D eigenvalue weighted by atomic mass is 10.1. The molecule has 9 nitrogen and oxygen atoms in total. The van der Waals surface area contributed by atoms with Crippen molar-refractivity contribution in [1.29, 1.82) is 0 Å². The van der Waals surface area contributed by atoms with Crippen LogP contribution in [0.15, 0.2) is 46.2 Å². The van der Waals surface area contributed by atoms with Gasteiger partial charge in [-0.25, -0.2) is 4.79 Å². The Balaban J connectivity index is 1.51. The number of hydrogen-bond acceptors (Lipinski definition) is 6. The van der Waals surface area contributed by atoms with Gasteiger partial charge in [-0.05, 0) is 18.2 Å². The number of anilines is 1. The number of nitrogens with zero attached hydrogens (tertiary/aromatic N) is 6. The monoisotopic (exact) mass is 380 g/mol. The summed E-state index contributed by atoms with van der Waals surface area (Å²) in [7, 11) is 3.10. The van der Waals surface area contributed by atoms with Crippen LogP contribution in [0.5, 0.6) is 0 Å². The second-order valence-corrected chi connectivity index (χ2v) is 6.78. The maximum atomic E-state index is 12.9. The van der Waals surface area contributed by atoms with Crippen LogP contribution in [0.1, 0.15) is 10.4 Å². The molecule has 3 aromatic rings. The van der Waals surface area contributed by atoms with Gasteiger partial charge in [0.15, 0.2) is 0 Å². The van der Waals surface area contributed by atoms with Gasteiger partial charge in [0, 0.05) is 64.3 Å². The van der Waals surface area contributed by atoms with Gasteiger partial charge in [0.2, 0.25) is 0 Å². The quantitative estimate of drug-likeness (QED) is 0.621. The molecule has 1 aliphatic rings. The highest BCUT2D eigenvalue weighted by Gasteiger charge is 2.24. The minimum absolute atomic E-state index is 0.0648. The number of hydrogen-bond donors (Lipinski definition) is 0. The third-order valence-electron chi connectivity index (χ3n) is 5.11. The van der Waals surface area contributed by atoms with E-state index in [0.717, 1.165) is 10.1 Å². The van der Waals surface area contributed by atoms with Crippen molar-refractivity contribution in [2.75, 3.05) is 31.1 Å². The Kier molecular flexibility index (Phi) is 4.42. The van der Waals surface area contributed by atoms with E-state index >= 15 is 0 Å². The van der Waals surface area contributed by atoms with E-state index in [0.29, 0.717) is 43.1 Å². The summed E-state index contributed by atoms with van der Waals surface area (Å²) in [6.07, 6.45) is 3.22. The molecule has 0 spiro atoms. The zero-order valence-electron chi connectivity index (χ0n) is 15.7. The Bertz CT molecular complexity index is 1170. The molecule has 1 saturated heterocycles. The Hall–Kier alpha value is -3.49. The average Bonchev–Trinajstić information content (AvgIpc) is 2.74. The summed E-state index contributed by atoms with van der Waals surface area (Å²) in [5.74, 6) is 0.506. The van der Waals surface area contributed by atoms with Crippen LogP contribution < -0.4 is 16.1 Å². The average molecular weight is 380 g/mol. The van der Waals surface area contributed by atoms with Crippen molar-refractivity contribution in [3.05, 3.63) is 63.1 Å². The van der Waals surface area contributed by atoms with E-state index in [4.69, 9.17) is 0 Å². The normalized spacial score (nSPS) is 14.5.